The lowest BCUT2D eigenvalue weighted by Crippen LogP contribution is -2.38. The summed E-state index contributed by atoms with van der Waals surface area (Å²) in [4.78, 5) is 4.29. The highest BCUT2D eigenvalue weighted by Crippen LogP contribution is 2.22. The first-order valence-electron chi connectivity index (χ1n) is 6.44. The summed E-state index contributed by atoms with van der Waals surface area (Å²) in [6.07, 6.45) is 2.14. The standard InChI is InChI=1S/C15H20N2O2/c1-11(9-15(2,18)10-16)19-13-6-5-12-4-3-7-17-14(12)8-13/h3-8,11,18H,9-10,16H2,1-2H3. The number of rotatable bonds is 5. The molecule has 0 aliphatic rings. The number of ether oxygens (including phenoxy) is 1. The van der Waals surface area contributed by atoms with E-state index in [1.807, 2.05) is 37.3 Å². The second-order valence-electron chi connectivity index (χ2n) is 5.19. The van der Waals surface area contributed by atoms with Crippen molar-refractivity contribution in [1.82, 2.24) is 4.98 Å². The summed E-state index contributed by atoms with van der Waals surface area (Å²) < 4.78 is 5.80. The zero-order chi connectivity index (χ0) is 13.9. The van der Waals surface area contributed by atoms with Crippen molar-refractivity contribution in [3.8, 4) is 5.75 Å². The number of hydrogen-bond donors (Lipinski definition) is 2. The number of aliphatic hydroxyl groups is 1. The van der Waals surface area contributed by atoms with E-state index in [0.717, 1.165) is 16.7 Å². The lowest BCUT2D eigenvalue weighted by molar-refractivity contribution is 0.0237. The molecule has 0 fully saturated rings. The molecule has 0 aliphatic heterocycles. The first kappa shape index (κ1) is 13.8. The average Bonchev–Trinajstić information content (AvgIpc) is 2.38. The van der Waals surface area contributed by atoms with Crippen LogP contribution < -0.4 is 10.5 Å². The van der Waals surface area contributed by atoms with Crippen molar-refractivity contribution in [2.24, 2.45) is 5.73 Å². The fraction of sp³-hybridized carbons (Fsp3) is 0.400. The van der Waals surface area contributed by atoms with Gasteiger partial charge in [0.05, 0.1) is 17.2 Å². The molecule has 2 aromatic rings. The van der Waals surface area contributed by atoms with Crippen molar-refractivity contribution in [1.29, 1.82) is 0 Å². The highest BCUT2D eigenvalue weighted by molar-refractivity contribution is 5.79. The van der Waals surface area contributed by atoms with Crippen LogP contribution in [0.15, 0.2) is 36.5 Å². The summed E-state index contributed by atoms with van der Waals surface area (Å²) in [6, 6.07) is 9.71. The fourth-order valence-electron chi connectivity index (χ4n) is 2.10. The SMILES string of the molecule is CC(CC(C)(O)CN)Oc1ccc2cccnc2c1. The second kappa shape index (κ2) is 5.55. The van der Waals surface area contributed by atoms with E-state index >= 15 is 0 Å². The lowest BCUT2D eigenvalue weighted by atomic mass is 9.99. The maximum Gasteiger partial charge on any atom is 0.121 e. The zero-order valence-electron chi connectivity index (χ0n) is 11.3. The molecular formula is C15H20N2O2. The van der Waals surface area contributed by atoms with Gasteiger partial charge in [0.15, 0.2) is 0 Å². The molecule has 4 heteroatoms. The number of aromatic nitrogens is 1. The summed E-state index contributed by atoms with van der Waals surface area (Å²) >= 11 is 0. The Morgan fingerprint density at radius 1 is 1.42 bits per heavy atom. The van der Waals surface area contributed by atoms with E-state index in [1.54, 1.807) is 13.1 Å². The van der Waals surface area contributed by atoms with Crippen LogP contribution in [0.3, 0.4) is 0 Å². The van der Waals surface area contributed by atoms with Gasteiger partial charge in [-0.15, -0.1) is 0 Å². The minimum atomic E-state index is -0.894. The number of nitrogens with two attached hydrogens (primary N) is 1. The maximum atomic E-state index is 9.93. The smallest absolute Gasteiger partial charge is 0.121 e. The van der Waals surface area contributed by atoms with E-state index in [-0.39, 0.29) is 12.6 Å². The Bertz CT molecular complexity index is 555. The van der Waals surface area contributed by atoms with Gasteiger partial charge in [0, 0.05) is 30.6 Å². The van der Waals surface area contributed by atoms with Gasteiger partial charge in [-0.2, -0.15) is 0 Å². The number of benzene rings is 1. The number of fused-ring (bicyclic) bond motifs is 1. The third kappa shape index (κ3) is 3.66. The molecule has 3 N–H and O–H groups in total. The first-order valence-corrected chi connectivity index (χ1v) is 6.44. The third-order valence-electron chi connectivity index (χ3n) is 3.08. The van der Waals surface area contributed by atoms with Crippen LogP contribution in [0.25, 0.3) is 10.9 Å². The molecule has 2 unspecified atom stereocenters. The molecule has 1 aromatic carbocycles. The highest BCUT2D eigenvalue weighted by Gasteiger charge is 2.22. The number of pyridine rings is 1. The quantitative estimate of drug-likeness (QED) is 0.864. The third-order valence-corrected chi connectivity index (χ3v) is 3.08. The van der Waals surface area contributed by atoms with Gasteiger partial charge in [0.25, 0.3) is 0 Å². The normalized spacial score (nSPS) is 16.0. The molecule has 19 heavy (non-hydrogen) atoms. The monoisotopic (exact) mass is 260 g/mol. The Kier molecular flexibility index (Phi) is 4.02. The molecule has 2 atom stereocenters. The molecule has 0 saturated heterocycles. The van der Waals surface area contributed by atoms with E-state index in [9.17, 15) is 5.11 Å². The van der Waals surface area contributed by atoms with Gasteiger partial charge in [-0.25, -0.2) is 0 Å². The van der Waals surface area contributed by atoms with Crippen molar-refractivity contribution < 1.29 is 9.84 Å². The van der Waals surface area contributed by atoms with Crippen LogP contribution in [-0.4, -0.2) is 28.3 Å². The summed E-state index contributed by atoms with van der Waals surface area (Å²) in [5.41, 5.74) is 5.51. The second-order valence-corrected chi connectivity index (χ2v) is 5.19. The van der Waals surface area contributed by atoms with Crippen LogP contribution in [0.4, 0.5) is 0 Å². The molecule has 0 saturated carbocycles. The van der Waals surface area contributed by atoms with Crippen LogP contribution >= 0.6 is 0 Å². The molecule has 4 nitrogen and oxygen atoms in total. The van der Waals surface area contributed by atoms with Gasteiger partial charge in [-0.3, -0.25) is 4.98 Å². The first-order chi connectivity index (χ1) is 9.00. The van der Waals surface area contributed by atoms with Crippen molar-refractivity contribution in [3.63, 3.8) is 0 Å². The van der Waals surface area contributed by atoms with Crippen molar-refractivity contribution in [2.45, 2.75) is 32.0 Å². The molecule has 0 radical (unpaired) electrons. The van der Waals surface area contributed by atoms with Crippen molar-refractivity contribution >= 4 is 10.9 Å². The van der Waals surface area contributed by atoms with E-state index in [4.69, 9.17) is 10.5 Å². The van der Waals surface area contributed by atoms with Gasteiger partial charge in [0.1, 0.15) is 5.75 Å². The number of nitrogens with zero attached hydrogens (tertiary/aromatic N) is 1. The van der Waals surface area contributed by atoms with Crippen LogP contribution in [0.1, 0.15) is 20.3 Å². The van der Waals surface area contributed by atoms with Gasteiger partial charge < -0.3 is 15.6 Å². The summed E-state index contributed by atoms with van der Waals surface area (Å²) in [6.45, 7) is 3.86. The molecule has 2 rings (SSSR count). The molecule has 0 amide bonds. The lowest BCUT2D eigenvalue weighted by Gasteiger charge is -2.25. The number of hydrogen-bond acceptors (Lipinski definition) is 4. The Morgan fingerprint density at radius 3 is 2.95 bits per heavy atom. The summed E-state index contributed by atoms with van der Waals surface area (Å²) in [5.74, 6) is 0.756. The van der Waals surface area contributed by atoms with Crippen LogP contribution in [0.2, 0.25) is 0 Å². The Balaban J connectivity index is 2.08. The minimum Gasteiger partial charge on any atom is -0.491 e. The summed E-state index contributed by atoms with van der Waals surface area (Å²) in [7, 11) is 0. The molecule has 102 valence electrons. The fourth-order valence-corrected chi connectivity index (χ4v) is 2.10. The van der Waals surface area contributed by atoms with Crippen LogP contribution in [0, 0.1) is 0 Å². The largest absolute Gasteiger partial charge is 0.491 e. The Morgan fingerprint density at radius 2 is 2.21 bits per heavy atom. The highest BCUT2D eigenvalue weighted by atomic mass is 16.5. The van der Waals surface area contributed by atoms with Gasteiger partial charge >= 0.3 is 0 Å². The van der Waals surface area contributed by atoms with Gasteiger partial charge in [0.2, 0.25) is 0 Å². The average molecular weight is 260 g/mol. The summed E-state index contributed by atoms with van der Waals surface area (Å²) in [5, 5.41) is 11.0. The zero-order valence-corrected chi connectivity index (χ0v) is 11.3. The Hall–Kier alpha value is -1.65. The molecular weight excluding hydrogens is 240 g/mol. The van der Waals surface area contributed by atoms with Gasteiger partial charge in [-0.1, -0.05) is 6.07 Å². The Labute approximate surface area is 113 Å². The predicted molar refractivity (Wildman–Crippen MR) is 76.1 cm³/mol. The maximum absolute atomic E-state index is 9.93. The molecule has 1 aromatic heterocycles. The predicted octanol–water partition coefficient (Wildman–Crippen LogP) is 2.10. The minimum absolute atomic E-state index is 0.111. The molecule has 0 spiro atoms. The molecule has 1 heterocycles. The van der Waals surface area contributed by atoms with Gasteiger partial charge in [-0.05, 0) is 32.0 Å². The van der Waals surface area contributed by atoms with E-state index in [0.29, 0.717) is 6.42 Å². The van der Waals surface area contributed by atoms with Crippen molar-refractivity contribution in [2.75, 3.05) is 6.54 Å². The van der Waals surface area contributed by atoms with Crippen LogP contribution in [-0.2, 0) is 0 Å². The van der Waals surface area contributed by atoms with E-state index < -0.39 is 5.60 Å². The molecule has 0 bridgehead atoms. The molecule has 0 aliphatic carbocycles. The van der Waals surface area contributed by atoms with E-state index in [1.165, 1.54) is 0 Å². The van der Waals surface area contributed by atoms with E-state index in [2.05, 4.69) is 4.98 Å². The van der Waals surface area contributed by atoms with Crippen molar-refractivity contribution in [3.05, 3.63) is 36.5 Å². The van der Waals surface area contributed by atoms with Crippen LogP contribution in [0.5, 0.6) is 5.75 Å². The topological polar surface area (TPSA) is 68.4 Å².